The number of anilines is 3. The molecule has 2 aromatic heterocycles. The van der Waals surface area contributed by atoms with Crippen LogP contribution in [0.4, 0.5) is 39.1 Å². The van der Waals surface area contributed by atoms with Gasteiger partial charge in [0.25, 0.3) is 0 Å². The van der Waals surface area contributed by atoms with Crippen molar-refractivity contribution in [2.24, 2.45) is 5.84 Å². The van der Waals surface area contributed by atoms with Gasteiger partial charge in [0.1, 0.15) is 17.0 Å². The summed E-state index contributed by atoms with van der Waals surface area (Å²) in [5.74, 6) is 4.76. The number of benzene rings is 2. The maximum Gasteiger partial charge on any atom is 0.417 e. The number of piperidine rings is 1. The van der Waals surface area contributed by atoms with Crippen molar-refractivity contribution in [3.8, 4) is 17.2 Å². The first kappa shape index (κ1) is 39.1. The van der Waals surface area contributed by atoms with E-state index in [0.717, 1.165) is 18.2 Å². The molecule has 0 saturated carbocycles. The first-order valence-electron chi connectivity index (χ1n) is 16.9. The summed E-state index contributed by atoms with van der Waals surface area (Å²) in [4.78, 5) is 26.9. The van der Waals surface area contributed by atoms with E-state index >= 15 is 4.39 Å². The molecular formula is C37H42F5N9O2. The third-order valence-corrected chi connectivity index (χ3v) is 9.89. The van der Waals surface area contributed by atoms with Crippen molar-refractivity contribution in [2.45, 2.75) is 44.4 Å². The first-order valence-corrected chi connectivity index (χ1v) is 16.9. The normalized spacial score (nSPS) is 16.1. The predicted octanol–water partition coefficient (Wildman–Crippen LogP) is 5.87. The van der Waals surface area contributed by atoms with Crippen LogP contribution in [0.1, 0.15) is 32.3 Å². The number of fused-ring (bicyclic) bond motifs is 2. The van der Waals surface area contributed by atoms with Gasteiger partial charge in [-0.05, 0) is 64.2 Å². The van der Waals surface area contributed by atoms with Gasteiger partial charge in [-0.25, -0.2) is 19.6 Å². The maximum absolute atomic E-state index is 17.0. The Morgan fingerprint density at radius 2 is 1.81 bits per heavy atom. The van der Waals surface area contributed by atoms with E-state index in [9.17, 15) is 22.4 Å². The minimum atomic E-state index is -5.04. The van der Waals surface area contributed by atoms with E-state index in [-0.39, 0.29) is 62.6 Å². The third kappa shape index (κ3) is 7.55. The van der Waals surface area contributed by atoms with Gasteiger partial charge in [0.15, 0.2) is 11.6 Å². The highest BCUT2D eigenvalue weighted by Crippen LogP contribution is 2.48. The van der Waals surface area contributed by atoms with Gasteiger partial charge in [-0.2, -0.15) is 18.4 Å². The number of amides is 1. The van der Waals surface area contributed by atoms with Gasteiger partial charge in [-0.1, -0.05) is 6.08 Å². The van der Waals surface area contributed by atoms with Crippen LogP contribution in [0.3, 0.4) is 0 Å². The van der Waals surface area contributed by atoms with Crippen molar-refractivity contribution in [3.05, 3.63) is 65.9 Å². The van der Waals surface area contributed by atoms with Gasteiger partial charge in [0.2, 0.25) is 5.91 Å². The minimum Gasteiger partial charge on any atom is -0.394 e. The average molecular weight is 740 g/mol. The number of carbonyl (C=O) groups excluding carboxylic acids is 1. The summed E-state index contributed by atoms with van der Waals surface area (Å²) < 4.78 is 81.6. The molecule has 6 rings (SSSR count). The van der Waals surface area contributed by atoms with Crippen LogP contribution >= 0.6 is 0 Å². The number of hydrogen-bond acceptors (Lipinski definition) is 10. The third-order valence-electron chi connectivity index (χ3n) is 9.89. The van der Waals surface area contributed by atoms with E-state index < -0.39 is 35.0 Å². The lowest BCUT2D eigenvalue weighted by Crippen LogP contribution is -2.67. The number of likely N-dealkylation sites (N-methyl/N-ethyl adjacent to an activating group) is 1. The monoisotopic (exact) mass is 739 g/mol. The fourth-order valence-electron chi connectivity index (χ4n) is 6.80. The summed E-state index contributed by atoms with van der Waals surface area (Å²) in [6.07, 6.45) is 0.0506. The molecule has 0 atom stereocenters. The summed E-state index contributed by atoms with van der Waals surface area (Å²) in [6, 6.07) is 7.01. The Morgan fingerprint density at radius 3 is 2.42 bits per heavy atom. The number of nitrogen functional groups attached to an aromatic ring is 1. The highest BCUT2D eigenvalue weighted by atomic mass is 19.4. The molecule has 2 fully saturated rings. The van der Waals surface area contributed by atoms with Gasteiger partial charge in [-0.3, -0.25) is 9.78 Å². The molecule has 0 radical (unpaired) electrons. The molecule has 0 aliphatic carbocycles. The van der Waals surface area contributed by atoms with E-state index in [1.807, 2.05) is 30.8 Å². The van der Waals surface area contributed by atoms with Crippen LogP contribution in [0.5, 0.6) is 0 Å². The van der Waals surface area contributed by atoms with Crippen molar-refractivity contribution >= 4 is 44.9 Å². The Kier molecular flexibility index (Phi) is 11.4. The maximum atomic E-state index is 17.0. The smallest absolute Gasteiger partial charge is 0.394 e. The van der Waals surface area contributed by atoms with Crippen LogP contribution in [-0.2, 0) is 15.7 Å². The fourth-order valence-corrected chi connectivity index (χ4v) is 6.80. The van der Waals surface area contributed by atoms with Gasteiger partial charge < -0.3 is 30.2 Å². The van der Waals surface area contributed by atoms with Crippen molar-refractivity contribution in [2.75, 3.05) is 69.6 Å². The van der Waals surface area contributed by atoms with Crippen molar-refractivity contribution in [1.82, 2.24) is 19.8 Å². The average Bonchev–Trinajstić information content (AvgIpc) is 3.10. The molecule has 2 saturated heterocycles. The summed E-state index contributed by atoms with van der Waals surface area (Å²) in [7, 11) is 5.38. The summed E-state index contributed by atoms with van der Waals surface area (Å²) >= 11 is 0. The molecule has 2 aliphatic heterocycles. The zero-order chi connectivity index (χ0) is 38.8. The number of ether oxygens (including phenoxy) is 1. The van der Waals surface area contributed by atoms with Crippen LogP contribution in [0.2, 0.25) is 0 Å². The lowest BCUT2D eigenvalue weighted by molar-refractivity contribution is -0.137. The number of carbonyl (C=O) groups is 1. The zero-order valence-corrected chi connectivity index (χ0v) is 30.1. The Bertz CT molecular complexity index is 2070. The van der Waals surface area contributed by atoms with Crippen LogP contribution in [0.15, 0.2) is 48.7 Å². The Hall–Kier alpha value is -5.11. The molecule has 282 valence electrons. The highest BCUT2D eigenvalue weighted by Gasteiger charge is 2.44. The topological polar surface area (TPSA) is 141 Å². The number of rotatable bonds is 8. The van der Waals surface area contributed by atoms with Gasteiger partial charge in [0.05, 0.1) is 35.0 Å². The Labute approximate surface area is 304 Å². The lowest BCUT2D eigenvalue weighted by atomic mass is 9.90. The fraction of sp³-hybridized carbons (Fsp3) is 0.405. The molecule has 16 heteroatoms. The molecule has 0 unspecified atom stereocenters. The second-order valence-electron chi connectivity index (χ2n) is 13.5. The van der Waals surface area contributed by atoms with Crippen molar-refractivity contribution in [1.29, 1.82) is 5.26 Å². The number of aromatic nitrogens is 2. The zero-order valence-electron chi connectivity index (χ0n) is 30.1. The van der Waals surface area contributed by atoms with Crippen molar-refractivity contribution in [3.63, 3.8) is 0 Å². The molecule has 1 amide bonds. The SMILES string of the molecule is CC#N.COC/C=C/C(=O)N1CCC(N(N)c2c(N)c(N3CC(C)(N(C)C)C3)nc3c(F)c(-c4ccc(F)c5cccnc45)c(C(F)(F)F)cc23)CC1. The largest absolute Gasteiger partial charge is 0.417 e. The standard InChI is InChI=1S/C35H39F5N8O2.C2H3N/c1-34(45(2)3)18-47(19-34)33-29(41)32(48(42)20-11-14-46(15-12-20)26(49)8-6-16-50-4)23-17-24(35(38,39)40)27(28(37)31(23)44-33)22-9-10-25(36)21-7-5-13-43-30(21)22;1-2-3/h5-10,13,17,20H,11-12,14-16,18-19,41-42H2,1-4H3;1H3/b8-6+;. The van der Waals surface area contributed by atoms with Crippen LogP contribution in [0, 0.1) is 23.0 Å². The number of pyridine rings is 2. The molecule has 0 bridgehead atoms. The Balaban J connectivity index is 0.00000175. The van der Waals surface area contributed by atoms with E-state index in [1.165, 1.54) is 43.4 Å². The number of nitrogens with zero attached hydrogens (tertiary/aromatic N) is 7. The van der Waals surface area contributed by atoms with E-state index in [2.05, 4.69) is 9.97 Å². The minimum absolute atomic E-state index is 0.00580. The highest BCUT2D eigenvalue weighted by molar-refractivity contribution is 6.06. The van der Waals surface area contributed by atoms with Crippen LogP contribution in [-0.4, -0.2) is 91.2 Å². The number of nitrogens with two attached hydrogens (primary N) is 2. The number of methoxy groups -OCH3 is 1. The Morgan fingerprint density at radius 1 is 1.15 bits per heavy atom. The van der Waals surface area contributed by atoms with Gasteiger partial charge in [-0.15, -0.1) is 0 Å². The summed E-state index contributed by atoms with van der Waals surface area (Å²) in [6.45, 7) is 5.34. The molecule has 2 aromatic carbocycles. The van der Waals surface area contributed by atoms with E-state index in [4.69, 9.17) is 21.6 Å². The second kappa shape index (κ2) is 15.5. The molecule has 53 heavy (non-hydrogen) atoms. The molecule has 4 aromatic rings. The quantitative estimate of drug-likeness (QED) is 0.0976. The van der Waals surface area contributed by atoms with Gasteiger partial charge >= 0.3 is 6.18 Å². The summed E-state index contributed by atoms with van der Waals surface area (Å²) in [5, 5.41) is 8.34. The molecule has 2 aliphatic rings. The van der Waals surface area contributed by atoms with Crippen molar-refractivity contribution < 1.29 is 31.5 Å². The number of alkyl halides is 3. The van der Waals surface area contributed by atoms with E-state index in [1.54, 1.807) is 17.0 Å². The number of hydrogen-bond donors (Lipinski definition) is 2. The molecular weight excluding hydrogens is 697 g/mol. The lowest BCUT2D eigenvalue weighted by Gasteiger charge is -2.52. The molecule has 4 heterocycles. The number of nitriles is 1. The number of likely N-dealkylation sites (tertiary alicyclic amines) is 1. The first-order chi connectivity index (χ1) is 25.1. The predicted molar refractivity (Wildman–Crippen MR) is 195 cm³/mol. The number of halogens is 5. The van der Waals surface area contributed by atoms with E-state index in [0.29, 0.717) is 39.0 Å². The van der Waals surface area contributed by atoms with Crippen LogP contribution in [0.25, 0.3) is 32.9 Å². The number of hydrazine groups is 1. The molecule has 4 N–H and O–H groups in total. The second-order valence-corrected chi connectivity index (χ2v) is 13.5. The van der Waals surface area contributed by atoms with Crippen LogP contribution < -0.4 is 21.5 Å². The summed E-state index contributed by atoms with van der Waals surface area (Å²) in [5.41, 5.74) is 3.66. The van der Waals surface area contributed by atoms with Gasteiger partial charge in [0, 0.05) is 80.4 Å². The molecule has 0 spiro atoms. The molecule has 11 nitrogen and oxygen atoms in total.